The van der Waals surface area contributed by atoms with Gasteiger partial charge in [0.1, 0.15) is 4.92 Å². The predicted octanol–water partition coefficient (Wildman–Crippen LogP) is 1.51. The third kappa shape index (κ3) is 2.63. The average molecular weight is 282 g/mol. The van der Waals surface area contributed by atoms with Gasteiger partial charge in [-0.2, -0.15) is 0 Å². The summed E-state index contributed by atoms with van der Waals surface area (Å²) in [7, 11) is 0. The molecule has 2 atom stereocenters. The average Bonchev–Trinajstić information content (AvgIpc) is 2.87. The highest BCUT2D eigenvalue weighted by Crippen LogP contribution is 2.26. The minimum Gasteiger partial charge on any atom is -0.481 e. The fourth-order valence-electron chi connectivity index (χ4n) is 2.38. The lowest BCUT2D eigenvalue weighted by molar-refractivity contribution is -0.402. The van der Waals surface area contributed by atoms with Crippen molar-refractivity contribution in [3.05, 3.63) is 28.0 Å². The van der Waals surface area contributed by atoms with Crippen LogP contribution in [0.5, 0.6) is 0 Å². The minimum absolute atomic E-state index is 0.0997. The van der Waals surface area contributed by atoms with Gasteiger partial charge in [-0.25, -0.2) is 0 Å². The molecule has 1 aliphatic heterocycles. The molecule has 8 nitrogen and oxygen atoms in total. The molecule has 8 heteroatoms. The molecule has 0 radical (unpaired) electrons. The van der Waals surface area contributed by atoms with Crippen molar-refractivity contribution in [2.45, 2.75) is 25.8 Å². The quantitative estimate of drug-likeness (QED) is 0.664. The van der Waals surface area contributed by atoms with E-state index in [2.05, 4.69) is 0 Å². The highest BCUT2D eigenvalue weighted by Gasteiger charge is 2.34. The van der Waals surface area contributed by atoms with Crippen molar-refractivity contribution in [3.63, 3.8) is 0 Å². The summed E-state index contributed by atoms with van der Waals surface area (Å²) in [6.45, 7) is 2.05. The summed E-state index contributed by atoms with van der Waals surface area (Å²) in [6, 6.07) is 2.14. The molecule has 1 aliphatic rings. The van der Waals surface area contributed by atoms with Gasteiger partial charge in [-0.1, -0.05) is 0 Å². The van der Waals surface area contributed by atoms with E-state index in [1.165, 1.54) is 11.0 Å². The van der Waals surface area contributed by atoms with E-state index in [-0.39, 0.29) is 11.8 Å². The molecule has 1 fully saturated rings. The number of carbonyl (C=O) groups is 2. The lowest BCUT2D eigenvalue weighted by atomic mass is 9.91. The van der Waals surface area contributed by atoms with E-state index in [9.17, 15) is 19.7 Å². The number of nitrogens with zero attached hydrogens (tertiary/aromatic N) is 2. The number of hydrogen-bond acceptors (Lipinski definition) is 5. The van der Waals surface area contributed by atoms with Crippen LogP contribution in [-0.4, -0.2) is 39.4 Å². The Bertz CT molecular complexity index is 552. The molecule has 0 saturated carbocycles. The van der Waals surface area contributed by atoms with E-state index < -0.39 is 28.6 Å². The maximum atomic E-state index is 12.2. The number of carboxylic acids is 1. The summed E-state index contributed by atoms with van der Waals surface area (Å²) in [6.07, 6.45) is 0.734. The van der Waals surface area contributed by atoms with Crippen LogP contribution in [0.4, 0.5) is 5.88 Å². The third-order valence-corrected chi connectivity index (χ3v) is 3.47. The summed E-state index contributed by atoms with van der Waals surface area (Å²) in [5.74, 6) is -2.36. The van der Waals surface area contributed by atoms with Gasteiger partial charge in [0, 0.05) is 12.6 Å². The molecule has 2 unspecified atom stereocenters. The van der Waals surface area contributed by atoms with Crippen molar-refractivity contribution in [1.82, 2.24) is 4.90 Å². The number of furan rings is 1. The van der Waals surface area contributed by atoms with Gasteiger partial charge in [0.25, 0.3) is 5.91 Å². The Kier molecular flexibility index (Phi) is 3.73. The fraction of sp³-hybridized carbons (Fsp3) is 0.500. The Balaban J connectivity index is 2.09. The van der Waals surface area contributed by atoms with Crippen LogP contribution in [0.15, 0.2) is 16.5 Å². The molecule has 1 aromatic heterocycles. The first-order valence-electron chi connectivity index (χ1n) is 6.18. The van der Waals surface area contributed by atoms with Crippen molar-refractivity contribution in [2.24, 2.45) is 5.92 Å². The van der Waals surface area contributed by atoms with Crippen LogP contribution in [0.2, 0.25) is 0 Å². The standard InChI is InChI=1S/C12H14N2O6/c1-7-6-8(12(16)17)4-5-13(7)11(15)9-2-3-10(20-9)14(18)19/h2-3,7-8H,4-6H2,1H3,(H,16,17). The Morgan fingerprint density at radius 2 is 2.20 bits per heavy atom. The first-order chi connectivity index (χ1) is 9.40. The van der Waals surface area contributed by atoms with Crippen LogP contribution < -0.4 is 0 Å². The predicted molar refractivity (Wildman–Crippen MR) is 66.2 cm³/mol. The lowest BCUT2D eigenvalue weighted by Gasteiger charge is -2.35. The number of rotatable bonds is 3. The summed E-state index contributed by atoms with van der Waals surface area (Å²) >= 11 is 0. The van der Waals surface area contributed by atoms with Gasteiger partial charge < -0.3 is 14.4 Å². The molecule has 20 heavy (non-hydrogen) atoms. The molecule has 2 heterocycles. The zero-order valence-corrected chi connectivity index (χ0v) is 10.8. The molecule has 2 rings (SSSR count). The SMILES string of the molecule is CC1CC(C(=O)O)CCN1C(=O)c1ccc([N+](=O)[O-])o1. The van der Waals surface area contributed by atoms with E-state index >= 15 is 0 Å². The second kappa shape index (κ2) is 5.32. The second-order valence-corrected chi connectivity index (χ2v) is 4.80. The largest absolute Gasteiger partial charge is 0.481 e. The van der Waals surface area contributed by atoms with Crippen molar-refractivity contribution in [2.75, 3.05) is 6.54 Å². The zero-order valence-electron chi connectivity index (χ0n) is 10.8. The van der Waals surface area contributed by atoms with E-state index in [1.807, 2.05) is 0 Å². The van der Waals surface area contributed by atoms with Crippen molar-refractivity contribution in [3.8, 4) is 0 Å². The maximum Gasteiger partial charge on any atom is 0.433 e. The minimum atomic E-state index is -0.863. The molecule has 0 spiro atoms. The van der Waals surface area contributed by atoms with Crippen LogP contribution in [0.1, 0.15) is 30.3 Å². The second-order valence-electron chi connectivity index (χ2n) is 4.80. The van der Waals surface area contributed by atoms with E-state index in [0.717, 1.165) is 6.07 Å². The van der Waals surface area contributed by atoms with Gasteiger partial charge in [-0.15, -0.1) is 0 Å². The van der Waals surface area contributed by atoms with E-state index in [1.54, 1.807) is 6.92 Å². The highest BCUT2D eigenvalue weighted by molar-refractivity contribution is 5.92. The molecule has 0 aliphatic carbocycles. The number of piperidine rings is 1. The van der Waals surface area contributed by atoms with Crippen LogP contribution in [0.25, 0.3) is 0 Å². The normalized spacial score (nSPS) is 22.6. The monoisotopic (exact) mass is 282 g/mol. The number of nitro groups is 1. The zero-order chi connectivity index (χ0) is 14.9. The summed E-state index contributed by atoms with van der Waals surface area (Å²) < 4.78 is 4.88. The van der Waals surface area contributed by atoms with Crippen LogP contribution in [-0.2, 0) is 4.79 Å². The first kappa shape index (κ1) is 14.0. The number of hydrogen-bond donors (Lipinski definition) is 1. The van der Waals surface area contributed by atoms with Gasteiger partial charge in [-0.05, 0) is 25.8 Å². The van der Waals surface area contributed by atoms with Crippen LogP contribution >= 0.6 is 0 Å². The molecule has 1 amide bonds. The van der Waals surface area contributed by atoms with Gasteiger partial charge in [0.05, 0.1) is 12.0 Å². The molecule has 1 N–H and O–H groups in total. The summed E-state index contributed by atoms with van der Waals surface area (Å²) in [5, 5.41) is 19.5. The topological polar surface area (TPSA) is 114 Å². The Morgan fingerprint density at radius 3 is 2.70 bits per heavy atom. The van der Waals surface area contributed by atoms with Gasteiger partial charge in [-0.3, -0.25) is 19.7 Å². The molecular formula is C12H14N2O6. The van der Waals surface area contributed by atoms with E-state index in [0.29, 0.717) is 19.4 Å². The van der Waals surface area contributed by atoms with Crippen LogP contribution in [0, 0.1) is 16.0 Å². The Hall–Kier alpha value is -2.38. The molecular weight excluding hydrogens is 268 g/mol. The number of carboxylic acid groups (broad SMARTS) is 1. The number of likely N-dealkylation sites (tertiary alicyclic amines) is 1. The Labute approximate surface area is 114 Å². The summed E-state index contributed by atoms with van der Waals surface area (Å²) in [5.41, 5.74) is 0. The molecule has 0 aromatic carbocycles. The van der Waals surface area contributed by atoms with Crippen molar-refractivity contribution >= 4 is 17.8 Å². The number of aliphatic carboxylic acids is 1. The fourth-order valence-corrected chi connectivity index (χ4v) is 2.38. The van der Waals surface area contributed by atoms with Gasteiger partial charge >= 0.3 is 11.9 Å². The Morgan fingerprint density at radius 1 is 1.50 bits per heavy atom. The van der Waals surface area contributed by atoms with Gasteiger partial charge in [0.2, 0.25) is 0 Å². The number of amides is 1. The maximum absolute atomic E-state index is 12.2. The highest BCUT2D eigenvalue weighted by atomic mass is 16.6. The number of carbonyl (C=O) groups excluding carboxylic acids is 1. The third-order valence-electron chi connectivity index (χ3n) is 3.47. The smallest absolute Gasteiger partial charge is 0.433 e. The molecule has 1 aromatic rings. The first-order valence-corrected chi connectivity index (χ1v) is 6.18. The summed E-state index contributed by atoms with van der Waals surface area (Å²) in [4.78, 5) is 34.4. The molecule has 108 valence electrons. The van der Waals surface area contributed by atoms with Gasteiger partial charge in [0.15, 0.2) is 5.76 Å². The van der Waals surface area contributed by atoms with Crippen molar-refractivity contribution < 1.29 is 24.0 Å². The van der Waals surface area contributed by atoms with Crippen LogP contribution in [0.3, 0.4) is 0 Å². The lowest BCUT2D eigenvalue weighted by Crippen LogP contribution is -2.45. The van der Waals surface area contributed by atoms with E-state index in [4.69, 9.17) is 9.52 Å². The van der Waals surface area contributed by atoms with Crippen molar-refractivity contribution in [1.29, 1.82) is 0 Å². The molecule has 0 bridgehead atoms. The molecule has 1 saturated heterocycles.